The minimum absolute atomic E-state index is 1.03. The number of rotatable bonds is 7. The van der Waals surface area contributed by atoms with Crippen LogP contribution in [0.1, 0.15) is 23.8 Å². The molecule has 1 fully saturated rings. The van der Waals surface area contributed by atoms with Crippen LogP contribution < -0.4 is 5.32 Å². The smallest absolute Gasteiger partial charge is 0.0302 e. The van der Waals surface area contributed by atoms with Crippen LogP contribution in [0.5, 0.6) is 0 Å². The lowest BCUT2D eigenvalue weighted by Crippen LogP contribution is -2.48. The summed E-state index contributed by atoms with van der Waals surface area (Å²) in [6, 6.07) is 2.20. The van der Waals surface area contributed by atoms with Crippen molar-refractivity contribution >= 4 is 11.3 Å². The Labute approximate surface area is 121 Å². The van der Waals surface area contributed by atoms with Crippen LogP contribution in [0.3, 0.4) is 0 Å². The van der Waals surface area contributed by atoms with E-state index in [0.29, 0.717) is 0 Å². The molecule has 0 atom stereocenters. The Morgan fingerprint density at radius 1 is 1.16 bits per heavy atom. The van der Waals surface area contributed by atoms with Crippen molar-refractivity contribution in [3.63, 3.8) is 0 Å². The van der Waals surface area contributed by atoms with Gasteiger partial charge in [-0.3, -0.25) is 4.90 Å². The second kappa shape index (κ2) is 8.00. The van der Waals surface area contributed by atoms with Gasteiger partial charge in [0.1, 0.15) is 0 Å². The Morgan fingerprint density at radius 3 is 2.42 bits per heavy atom. The van der Waals surface area contributed by atoms with Crippen molar-refractivity contribution in [2.45, 2.75) is 26.8 Å². The van der Waals surface area contributed by atoms with E-state index in [9.17, 15) is 0 Å². The summed E-state index contributed by atoms with van der Waals surface area (Å²) in [5.41, 5.74) is 1.42. The molecule has 0 amide bonds. The first-order valence-electron chi connectivity index (χ1n) is 7.48. The molecule has 0 unspecified atom stereocenters. The van der Waals surface area contributed by atoms with E-state index in [2.05, 4.69) is 40.4 Å². The van der Waals surface area contributed by atoms with Gasteiger partial charge in [-0.25, -0.2) is 0 Å². The first-order valence-corrected chi connectivity index (χ1v) is 8.36. The number of aryl methyl sites for hydroxylation is 1. The van der Waals surface area contributed by atoms with Crippen LogP contribution in [0.15, 0.2) is 11.4 Å². The third-order valence-corrected chi connectivity index (χ3v) is 4.89. The highest BCUT2D eigenvalue weighted by Crippen LogP contribution is 2.14. The highest BCUT2D eigenvalue weighted by molar-refractivity contribution is 7.10. The van der Waals surface area contributed by atoms with Gasteiger partial charge in [-0.2, -0.15) is 0 Å². The molecule has 0 aromatic carbocycles. The number of nitrogens with zero attached hydrogens (tertiary/aromatic N) is 2. The molecule has 2 heterocycles. The fraction of sp³-hybridized carbons (Fsp3) is 0.733. The molecule has 0 radical (unpaired) electrons. The monoisotopic (exact) mass is 281 g/mol. The molecule has 19 heavy (non-hydrogen) atoms. The maximum absolute atomic E-state index is 3.57. The van der Waals surface area contributed by atoms with Crippen LogP contribution in [-0.4, -0.2) is 55.6 Å². The van der Waals surface area contributed by atoms with Crippen molar-refractivity contribution in [3.8, 4) is 0 Å². The standard InChI is InChI=1S/C15H27N3S/c1-3-6-17-8-10-18(11-9-17)7-5-16-13-15-14(2)4-12-19-15/h4,12,16H,3,5-11,13H2,1-2H3. The quantitative estimate of drug-likeness (QED) is 0.773. The minimum atomic E-state index is 1.03. The maximum atomic E-state index is 3.57. The predicted molar refractivity (Wildman–Crippen MR) is 83.9 cm³/mol. The summed E-state index contributed by atoms with van der Waals surface area (Å²) in [6.07, 6.45) is 1.28. The summed E-state index contributed by atoms with van der Waals surface area (Å²) in [6.45, 7) is 14.0. The van der Waals surface area contributed by atoms with Gasteiger partial charge in [-0.05, 0) is 36.9 Å². The molecule has 1 saturated heterocycles. The Morgan fingerprint density at radius 2 is 1.84 bits per heavy atom. The van der Waals surface area contributed by atoms with Gasteiger partial charge in [-0.1, -0.05) is 6.92 Å². The lowest BCUT2D eigenvalue weighted by atomic mass is 10.3. The SMILES string of the molecule is CCCN1CCN(CCNCc2sccc2C)CC1. The topological polar surface area (TPSA) is 18.5 Å². The van der Waals surface area contributed by atoms with Gasteiger partial charge in [0, 0.05) is 50.7 Å². The molecule has 108 valence electrons. The summed E-state index contributed by atoms with van der Waals surface area (Å²) in [7, 11) is 0. The van der Waals surface area contributed by atoms with Crippen molar-refractivity contribution in [1.82, 2.24) is 15.1 Å². The molecular weight excluding hydrogens is 254 g/mol. The molecule has 1 aliphatic rings. The fourth-order valence-electron chi connectivity index (χ4n) is 2.58. The van der Waals surface area contributed by atoms with Crippen LogP contribution in [0.2, 0.25) is 0 Å². The van der Waals surface area contributed by atoms with Crippen molar-refractivity contribution in [2.24, 2.45) is 0 Å². The highest BCUT2D eigenvalue weighted by Gasteiger charge is 2.15. The van der Waals surface area contributed by atoms with Gasteiger partial charge in [0.2, 0.25) is 0 Å². The summed E-state index contributed by atoms with van der Waals surface area (Å²) >= 11 is 1.86. The lowest BCUT2D eigenvalue weighted by molar-refractivity contribution is 0.133. The van der Waals surface area contributed by atoms with Crippen molar-refractivity contribution < 1.29 is 0 Å². The second-order valence-corrected chi connectivity index (χ2v) is 6.39. The van der Waals surface area contributed by atoms with Crippen LogP contribution in [0, 0.1) is 6.92 Å². The Bertz CT molecular complexity index is 356. The molecule has 1 aliphatic heterocycles. The van der Waals surface area contributed by atoms with E-state index in [1.54, 1.807) is 0 Å². The third-order valence-electron chi connectivity index (χ3n) is 3.86. The zero-order valence-corrected chi connectivity index (χ0v) is 13.1. The van der Waals surface area contributed by atoms with Gasteiger partial charge in [0.25, 0.3) is 0 Å². The van der Waals surface area contributed by atoms with Crippen LogP contribution in [0.25, 0.3) is 0 Å². The number of piperazine rings is 1. The number of hydrogen-bond donors (Lipinski definition) is 1. The van der Waals surface area contributed by atoms with Gasteiger partial charge < -0.3 is 10.2 Å². The van der Waals surface area contributed by atoms with Crippen LogP contribution >= 0.6 is 11.3 Å². The van der Waals surface area contributed by atoms with Gasteiger partial charge in [0.05, 0.1) is 0 Å². The molecule has 0 bridgehead atoms. The lowest BCUT2D eigenvalue weighted by Gasteiger charge is -2.34. The van der Waals surface area contributed by atoms with Crippen LogP contribution in [0.4, 0.5) is 0 Å². The van der Waals surface area contributed by atoms with E-state index in [-0.39, 0.29) is 0 Å². The first kappa shape index (κ1) is 15.0. The zero-order chi connectivity index (χ0) is 13.5. The number of nitrogens with one attached hydrogen (secondary N) is 1. The molecule has 0 aliphatic carbocycles. The van der Waals surface area contributed by atoms with Gasteiger partial charge >= 0.3 is 0 Å². The largest absolute Gasteiger partial charge is 0.311 e. The third kappa shape index (κ3) is 4.88. The van der Waals surface area contributed by atoms with E-state index in [1.165, 1.54) is 56.1 Å². The number of thiophene rings is 1. The Hall–Kier alpha value is -0.420. The summed E-state index contributed by atoms with van der Waals surface area (Å²) in [5, 5.41) is 5.75. The van der Waals surface area contributed by atoms with E-state index in [4.69, 9.17) is 0 Å². The molecular formula is C15H27N3S. The van der Waals surface area contributed by atoms with Gasteiger partial charge in [-0.15, -0.1) is 11.3 Å². The van der Waals surface area contributed by atoms with Crippen molar-refractivity contribution in [3.05, 3.63) is 21.9 Å². The molecule has 2 rings (SSSR count). The highest BCUT2D eigenvalue weighted by atomic mass is 32.1. The maximum Gasteiger partial charge on any atom is 0.0302 e. The van der Waals surface area contributed by atoms with Crippen molar-refractivity contribution in [2.75, 3.05) is 45.8 Å². The average molecular weight is 281 g/mol. The normalized spacial score (nSPS) is 18.0. The molecule has 1 aromatic heterocycles. The fourth-order valence-corrected chi connectivity index (χ4v) is 3.45. The molecule has 3 nitrogen and oxygen atoms in total. The van der Waals surface area contributed by atoms with Crippen molar-refractivity contribution in [1.29, 1.82) is 0 Å². The van der Waals surface area contributed by atoms with Crippen LogP contribution in [-0.2, 0) is 6.54 Å². The molecule has 0 spiro atoms. The Balaban J connectivity index is 1.56. The van der Waals surface area contributed by atoms with E-state index in [0.717, 1.165) is 13.1 Å². The average Bonchev–Trinajstić information content (AvgIpc) is 2.83. The first-order chi connectivity index (χ1) is 9.29. The number of hydrogen-bond acceptors (Lipinski definition) is 4. The second-order valence-electron chi connectivity index (χ2n) is 5.39. The van der Waals surface area contributed by atoms with E-state index in [1.807, 2.05) is 11.3 Å². The molecule has 1 aromatic rings. The summed E-state index contributed by atoms with van der Waals surface area (Å²) in [4.78, 5) is 6.65. The molecule has 1 N–H and O–H groups in total. The summed E-state index contributed by atoms with van der Waals surface area (Å²) < 4.78 is 0. The zero-order valence-electron chi connectivity index (χ0n) is 12.3. The molecule has 4 heteroatoms. The summed E-state index contributed by atoms with van der Waals surface area (Å²) in [5.74, 6) is 0. The predicted octanol–water partition coefficient (Wildman–Crippen LogP) is 2.17. The minimum Gasteiger partial charge on any atom is -0.311 e. The Kier molecular flexibility index (Phi) is 6.31. The van der Waals surface area contributed by atoms with E-state index < -0.39 is 0 Å². The molecule has 0 saturated carbocycles. The van der Waals surface area contributed by atoms with Gasteiger partial charge in [0.15, 0.2) is 0 Å². The van der Waals surface area contributed by atoms with E-state index >= 15 is 0 Å².